The van der Waals surface area contributed by atoms with E-state index >= 15 is 0 Å². The van der Waals surface area contributed by atoms with Crippen molar-refractivity contribution in [3.8, 4) is 0 Å². The second-order valence-electron chi connectivity index (χ2n) is 4.59. The molecule has 0 spiro atoms. The van der Waals surface area contributed by atoms with Gasteiger partial charge in [0, 0.05) is 11.5 Å². The third kappa shape index (κ3) is 4.34. The molecule has 1 aromatic carbocycles. The van der Waals surface area contributed by atoms with Gasteiger partial charge in [-0.3, -0.25) is 0 Å². The van der Waals surface area contributed by atoms with Crippen molar-refractivity contribution < 1.29 is 8.42 Å². The summed E-state index contributed by atoms with van der Waals surface area (Å²) < 4.78 is 29.4. The molecule has 1 heterocycles. The summed E-state index contributed by atoms with van der Waals surface area (Å²) in [5, 5.41) is 1.89. The summed E-state index contributed by atoms with van der Waals surface area (Å²) >= 11 is 3.24. The Labute approximate surface area is 133 Å². The van der Waals surface area contributed by atoms with E-state index in [0.29, 0.717) is 9.48 Å². The molecule has 20 heavy (non-hydrogen) atoms. The highest BCUT2D eigenvalue weighted by Gasteiger charge is 2.30. The van der Waals surface area contributed by atoms with E-state index in [4.69, 9.17) is 0 Å². The molecule has 0 bridgehead atoms. The van der Waals surface area contributed by atoms with Crippen LogP contribution >= 0.6 is 23.5 Å². The van der Waals surface area contributed by atoms with Crippen LogP contribution in [0, 0.1) is 6.92 Å². The Bertz CT molecular complexity index is 528. The maximum atomic E-state index is 12.4. The highest BCUT2D eigenvalue weighted by Crippen LogP contribution is 2.40. The van der Waals surface area contributed by atoms with Crippen LogP contribution in [0.3, 0.4) is 0 Å². The van der Waals surface area contributed by atoms with Crippen molar-refractivity contribution in [1.29, 1.82) is 0 Å². The molecule has 7 heteroatoms. The normalized spacial score (nSPS) is 23.7. The standard InChI is InChI=1S/C13H19NO2S4/c1-3-4-13-18-9-17-10-19(13)14-20(15,16)12-7-5-11(2)6-8-12/h5-8,13H,3-4,9-10H2,1-2H3/t13-,19?/m1/s1. The third-order valence-corrected chi connectivity index (χ3v) is 10.7. The van der Waals surface area contributed by atoms with Crippen molar-refractivity contribution in [3.63, 3.8) is 0 Å². The van der Waals surface area contributed by atoms with E-state index in [1.165, 1.54) is 0 Å². The number of aryl methyl sites for hydroxylation is 1. The molecule has 0 radical (unpaired) electrons. The molecule has 0 aromatic heterocycles. The zero-order valence-electron chi connectivity index (χ0n) is 11.6. The summed E-state index contributed by atoms with van der Waals surface area (Å²) in [6, 6.07) is 6.94. The Morgan fingerprint density at radius 2 is 2.05 bits per heavy atom. The first-order chi connectivity index (χ1) is 9.53. The topological polar surface area (TPSA) is 48.2 Å². The lowest BCUT2D eigenvalue weighted by Crippen LogP contribution is -2.25. The largest absolute Gasteiger partial charge is 0.311 e. The molecule has 0 aliphatic carbocycles. The summed E-state index contributed by atoms with van der Waals surface area (Å²) in [6.45, 7) is 4.08. The number of hydrogen-bond donors (Lipinski definition) is 0. The first-order valence-electron chi connectivity index (χ1n) is 6.47. The number of thioether (sulfide) groups is 2. The molecule has 2 atom stereocenters. The third-order valence-electron chi connectivity index (χ3n) is 2.88. The first-order valence-corrected chi connectivity index (χ1v) is 11.5. The molecule has 1 unspecified atom stereocenters. The molecule has 0 amide bonds. The summed E-state index contributed by atoms with van der Waals surface area (Å²) in [5.74, 6) is 0. The molecule has 3 nitrogen and oxygen atoms in total. The SMILES string of the molecule is CCC[C@@H]1SCSC[S+]1[N-]S(=O)(=O)c1ccc(C)cc1. The van der Waals surface area contributed by atoms with Crippen molar-refractivity contribution >= 4 is 44.6 Å². The molecule has 1 aromatic rings. The molecule has 112 valence electrons. The zero-order valence-corrected chi connectivity index (χ0v) is 14.9. The van der Waals surface area contributed by atoms with Crippen molar-refractivity contribution in [2.45, 2.75) is 36.2 Å². The van der Waals surface area contributed by atoms with Crippen molar-refractivity contribution in [2.75, 3.05) is 10.2 Å². The lowest BCUT2D eigenvalue weighted by molar-refractivity contribution is 0.604. The average Bonchev–Trinajstić information content (AvgIpc) is 2.41. The predicted octanol–water partition coefficient (Wildman–Crippen LogP) is 4.11. The predicted molar refractivity (Wildman–Crippen MR) is 92.7 cm³/mol. The van der Waals surface area contributed by atoms with Gasteiger partial charge in [0.05, 0.1) is 4.90 Å². The number of benzene rings is 1. The minimum absolute atomic E-state index is 0.312. The van der Waals surface area contributed by atoms with Crippen molar-refractivity contribution in [1.82, 2.24) is 0 Å². The van der Waals surface area contributed by atoms with E-state index in [-0.39, 0.29) is 0 Å². The van der Waals surface area contributed by atoms with E-state index in [0.717, 1.165) is 28.6 Å². The van der Waals surface area contributed by atoms with Crippen molar-refractivity contribution in [2.24, 2.45) is 0 Å². The Hall–Kier alpha value is 0.180. The number of hydrogen-bond acceptors (Lipinski definition) is 4. The maximum absolute atomic E-state index is 12.4. The van der Waals surface area contributed by atoms with Gasteiger partial charge < -0.3 is 4.13 Å². The Morgan fingerprint density at radius 3 is 2.70 bits per heavy atom. The second-order valence-corrected chi connectivity index (χ2v) is 11.5. The maximum Gasteiger partial charge on any atom is 0.153 e. The van der Waals surface area contributed by atoms with Gasteiger partial charge in [0.25, 0.3) is 0 Å². The van der Waals surface area contributed by atoms with Crippen LogP contribution in [0.15, 0.2) is 29.2 Å². The van der Waals surface area contributed by atoms with Crippen molar-refractivity contribution in [3.05, 3.63) is 34.0 Å². The fraction of sp³-hybridized carbons (Fsp3) is 0.538. The van der Waals surface area contributed by atoms with E-state index in [2.05, 4.69) is 11.1 Å². The van der Waals surface area contributed by atoms with Crippen LogP contribution in [0.25, 0.3) is 4.13 Å². The van der Waals surface area contributed by atoms with Crippen LogP contribution in [-0.2, 0) is 21.1 Å². The van der Waals surface area contributed by atoms with Gasteiger partial charge in [0.15, 0.2) is 4.58 Å². The first kappa shape index (κ1) is 16.5. The molecule has 1 aliphatic rings. The monoisotopic (exact) mass is 349 g/mol. The lowest BCUT2D eigenvalue weighted by Gasteiger charge is -2.30. The van der Waals surface area contributed by atoms with Gasteiger partial charge in [-0.2, -0.15) is 0 Å². The number of rotatable bonds is 5. The fourth-order valence-corrected chi connectivity index (χ4v) is 10.6. The molecular formula is C13H19NO2S4. The molecule has 1 fully saturated rings. The van der Waals surface area contributed by atoms with Gasteiger partial charge in [0.2, 0.25) is 0 Å². The number of nitrogens with zero attached hydrogens (tertiary/aromatic N) is 1. The molecule has 2 rings (SSSR count). The summed E-state index contributed by atoms with van der Waals surface area (Å²) in [6.07, 6.45) is 2.12. The van der Waals surface area contributed by atoms with Crippen LogP contribution in [0.4, 0.5) is 0 Å². The molecular weight excluding hydrogens is 330 g/mol. The fourth-order valence-electron chi connectivity index (χ4n) is 1.80. The summed E-state index contributed by atoms with van der Waals surface area (Å²) in [7, 11) is -3.52. The van der Waals surface area contributed by atoms with Crippen LogP contribution in [0.1, 0.15) is 25.3 Å². The number of sulfonamides is 1. The Balaban J connectivity index is 2.12. The quantitative estimate of drug-likeness (QED) is 0.751. The van der Waals surface area contributed by atoms with E-state index in [1.54, 1.807) is 23.9 Å². The minimum Gasteiger partial charge on any atom is -0.311 e. The Morgan fingerprint density at radius 1 is 1.35 bits per heavy atom. The van der Waals surface area contributed by atoms with Crippen LogP contribution in [-0.4, -0.2) is 23.2 Å². The van der Waals surface area contributed by atoms with Gasteiger partial charge in [-0.1, -0.05) is 65.6 Å². The highest BCUT2D eigenvalue weighted by atomic mass is 32.3. The van der Waals surface area contributed by atoms with Gasteiger partial charge in [0.1, 0.15) is 15.1 Å². The molecule has 1 aliphatic heterocycles. The van der Waals surface area contributed by atoms with Gasteiger partial charge in [-0.05, 0) is 19.1 Å². The average molecular weight is 350 g/mol. The van der Waals surface area contributed by atoms with Gasteiger partial charge in [-0.25, -0.2) is 8.42 Å². The summed E-state index contributed by atoms with van der Waals surface area (Å²) in [5.41, 5.74) is 1.05. The van der Waals surface area contributed by atoms with E-state index in [9.17, 15) is 8.42 Å². The summed E-state index contributed by atoms with van der Waals surface area (Å²) in [4.78, 5) is 0.312. The van der Waals surface area contributed by atoms with Crippen LogP contribution < -0.4 is 0 Å². The zero-order chi connectivity index (χ0) is 14.6. The van der Waals surface area contributed by atoms with Gasteiger partial charge >= 0.3 is 0 Å². The second kappa shape index (κ2) is 7.45. The van der Waals surface area contributed by atoms with E-state index < -0.39 is 21.1 Å². The Kier molecular flexibility index (Phi) is 6.16. The van der Waals surface area contributed by atoms with Gasteiger partial charge in [-0.15, -0.1) is 0 Å². The van der Waals surface area contributed by atoms with Crippen LogP contribution in [0.2, 0.25) is 0 Å². The smallest absolute Gasteiger partial charge is 0.153 e. The van der Waals surface area contributed by atoms with Crippen LogP contribution in [0.5, 0.6) is 0 Å². The lowest BCUT2D eigenvalue weighted by atomic mass is 10.2. The minimum atomic E-state index is -3.52. The molecule has 1 saturated heterocycles. The van der Waals surface area contributed by atoms with E-state index in [1.807, 2.05) is 30.8 Å². The molecule has 0 saturated carbocycles. The highest BCUT2D eigenvalue weighted by molar-refractivity contribution is 8.34. The molecule has 0 N–H and O–H groups in total.